The first-order chi connectivity index (χ1) is 16.0. The monoisotopic (exact) mass is 442 g/mol. The van der Waals surface area contributed by atoms with Crippen molar-refractivity contribution in [3.8, 4) is 34.0 Å². The van der Waals surface area contributed by atoms with Gasteiger partial charge in [-0.25, -0.2) is 4.79 Å². The fraction of sp³-hybridized carbons (Fsp3) is 0.120. The topological polar surface area (TPSA) is 117 Å². The number of nitrogens with zero attached hydrogens (tertiary/aromatic N) is 2. The summed E-state index contributed by atoms with van der Waals surface area (Å²) in [5, 5.41) is 12.5. The number of ether oxygens (including phenoxy) is 1. The van der Waals surface area contributed by atoms with E-state index in [1.165, 1.54) is 0 Å². The smallest absolute Gasteiger partial charge is 0.345 e. The zero-order valence-corrected chi connectivity index (χ0v) is 17.9. The number of aromatic amines is 1. The summed E-state index contributed by atoms with van der Waals surface area (Å²) in [7, 11) is 0. The molecule has 3 N–H and O–H groups in total. The summed E-state index contributed by atoms with van der Waals surface area (Å²) in [6.07, 6.45) is 3.36. The van der Waals surface area contributed by atoms with Crippen LogP contribution in [0.4, 0.5) is 0 Å². The fourth-order valence-electron chi connectivity index (χ4n) is 3.23. The van der Waals surface area contributed by atoms with Crippen LogP contribution in [0.2, 0.25) is 0 Å². The van der Waals surface area contributed by atoms with Crippen LogP contribution in [0.1, 0.15) is 11.1 Å². The number of nitrogens with one attached hydrogen (secondary N) is 2. The van der Waals surface area contributed by atoms with Gasteiger partial charge >= 0.3 is 5.69 Å². The van der Waals surface area contributed by atoms with Gasteiger partial charge in [0.1, 0.15) is 11.5 Å². The average Bonchev–Trinajstić information content (AvgIpc) is 2.83. The quantitative estimate of drug-likeness (QED) is 0.405. The lowest BCUT2D eigenvalue weighted by atomic mass is 10.1. The van der Waals surface area contributed by atoms with Crippen molar-refractivity contribution < 1.29 is 14.6 Å². The highest BCUT2D eigenvalue weighted by atomic mass is 16.5. The van der Waals surface area contributed by atoms with E-state index in [4.69, 9.17) is 4.74 Å². The Balaban J connectivity index is 1.47. The summed E-state index contributed by atoms with van der Waals surface area (Å²) in [6, 6.07) is 17.6. The van der Waals surface area contributed by atoms with Gasteiger partial charge in [0.05, 0.1) is 11.4 Å². The first-order valence-corrected chi connectivity index (χ1v) is 10.3. The van der Waals surface area contributed by atoms with Gasteiger partial charge < -0.3 is 20.1 Å². The molecule has 2 aromatic carbocycles. The van der Waals surface area contributed by atoms with E-state index in [1.807, 2.05) is 12.1 Å². The van der Waals surface area contributed by atoms with Crippen molar-refractivity contribution in [1.82, 2.24) is 20.3 Å². The van der Waals surface area contributed by atoms with Crippen LogP contribution < -0.4 is 15.7 Å². The number of pyridine rings is 1. The normalized spacial score (nSPS) is 10.6. The molecule has 8 heteroatoms. The number of hydrogen-bond acceptors (Lipinski definition) is 6. The number of aromatic hydroxyl groups is 1. The van der Waals surface area contributed by atoms with Gasteiger partial charge in [0.2, 0.25) is 0 Å². The third-order valence-electron chi connectivity index (χ3n) is 4.96. The molecule has 166 valence electrons. The van der Waals surface area contributed by atoms with Crippen LogP contribution in [-0.4, -0.2) is 32.6 Å². The number of benzene rings is 2. The van der Waals surface area contributed by atoms with Gasteiger partial charge in [-0.05, 0) is 60.5 Å². The summed E-state index contributed by atoms with van der Waals surface area (Å²) in [4.78, 5) is 35.1. The number of carbonyl (C=O) groups is 1. The molecular formula is C25H22N4O4. The molecule has 2 aromatic heterocycles. The predicted molar refractivity (Wildman–Crippen MR) is 124 cm³/mol. The summed E-state index contributed by atoms with van der Waals surface area (Å²) in [5.41, 5.74) is 3.56. The average molecular weight is 442 g/mol. The lowest BCUT2D eigenvalue weighted by Gasteiger charge is -2.10. The molecule has 0 saturated carbocycles. The van der Waals surface area contributed by atoms with Crippen LogP contribution in [0.3, 0.4) is 0 Å². The largest absolute Gasteiger partial charge is 0.508 e. The van der Waals surface area contributed by atoms with Crippen LogP contribution in [0.25, 0.3) is 22.5 Å². The van der Waals surface area contributed by atoms with Gasteiger partial charge in [-0.1, -0.05) is 18.2 Å². The van der Waals surface area contributed by atoms with Gasteiger partial charge in [0.25, 0.3) is 5.91 Å². The Morgan fingerprint density at radius 1 is 1.09 bits per heavy atom. The maximum atomic E-state index is 12.2. The molecule has 1 amide bonds. The van der Waals surface area contributed by atoms with Gasteiger partial charge in [-0.15, -0.1) is 0 Å². The molecule has 0 aliphatic rings. The second-order valence-corrected chi connectivity index (χ2v) is 7.44. The number of aromatic nitrogens is 3. The van der Waals surface area contributed by atoms with Crippen LogP contribution in [0.5, 0.6) is 11.5 Å². The second kappa shape index (κ2) is 9.78. The molecule has 0 atom stereocenters. The summed E-state index contributed by atoms with van der Waals surface area (Å²) in [6.45, 7) is 2.00. The number of phenolic OH excluding ortho intramolecular Hbond substituents is 1. The molecule has 0 radical (unpaired) electrons. The third kappa shape index (κ3) is 5.62. The lowest BCUT2D eigenvalue weighted by Crippen LogP contribution is -2.28. The highest BCUT2D eigenvalue weighted by Crippen LogP contribution is 2.27. The maximum absolute atomic E-state index is 12.2. The molecule has 2 heterocycles. The van der Waals surface area contributed by atoms with Crippen molar-refractivity contribution in [3.05, 3.63) is 94.7 Å². The minimum absolute atomic E-state index is 0.144. The molecular weight excluding hydrogens is 420 g/mol. The first kappa shape index (κ1) is 21.8. The molecule has 0 aliphatic carbocycles. The Kier molecular flexibility index (Phi) is 6.45. The number of phenols is 1. The van der Waals surface area contributed by atoms with E-state index in [1.54, 1.807) is 67.8 Å². The van der Waals surface area contributed by atoms with E-state index in [-0.39, 0.29) is 18.3 Å². The molecule has 0 fully saturated rings. The number of hydrogen-bond donors (Lipinski definition) is 3. The van der Waals surface area contributed by atoms with E-state index in [2.05, 4.69) is 20.3 Å². The molecule has 33 heavy (non-hydrogen) atoms. The Morgan fingerprint density at radius 3 is 2.76 bits per heavy atom. The minimum Gasteiger partial charge on any atom is -0.508 e. The van der Waals surface area contributed by atoms with Crippen LogP contribution in [0, 0.1) is 6.92 Å². The number of amides is 1. The van der Waals surface area contributed by atoms with Crippen molar-refractivity contribution in [1.29, 1.82) is 0 Å². The van der Waals surface area contributed by atoms with E-state index < -0.39 is 5.69 Å². The Labute approximate surface area is 190 Å². The SMILES string of the molecule is Cc1cc(-c2cc(-c3cccc(OCC(=O)NCc4cccnc4)c3)[nH]c(=O)n2)ccc1O. The molecule has 0 saturated heterocycles. The van der Waals surface area contributed by atoms with Crippen LogP contribution in [0.15, 0.2) is 77.9 Å². The van der Waals surface area contributed by atoms with E-state index >= 15 is 0 Å². The fourth-order valence-corrected chi connectivity index (χ4v) is 3.23. The van der Waals surface area contributed by atoms with Gasteiger partial charge in [-0.2, -0.15) is 4.98 Å². The Morgan fingerprint density at radius 2 is 1.97 bits per heavy atom. The van der Waals surface area contributed by atoms with Crippen LogP contribution in [-0.2, 0) is 11.3 Å². The molecule has 4 rings (SSSR count). The van der Waals surface area contributed by atoms with Crippen molar-refractivity contribution in [2.75, 3.05) is 6.61 Å². The number of rotatable bonds is 7. The predicted octanol–water partition coefficient (Wildman–Crippen LogP) is 3.21. The number of H-pyrrole nitrogens is 1. The highest BCUT2D eigenvalue weighted by Gasteiger charge is 2.09. The zero-order chi connectivity index (χ0) is 23.2. The summed E-state index contributed by atoms with van der Waals surface area (Å²) in [5.74, 6) is 0.411. The summed E-state index contributed by atoms with van der Waals surface area (Å²) >= 11 is 0. The first-order valence-electron chi connectivity index (χ1n) is 10.3. The zero-order valence-electron chi connectivity index (χ0n) is 17.9. The lowest BCUT2D eigenvalue weighted by molar-refractivity contribution is -0.123. The van der Waals surface area contributed by atoms with Crippen LogP contribution >= 0.6 is 0 Å². The number of carbonyl (C=O) groups excluding carboxylic acids is 1. The Bertz CT molecular complexity index is 1340. The Hall–Kier alpha value is -4.46. The van der Waals surface area contributed by atoms with Gasteiger partial charge in [0, 0.05) is 30.1 Å². The highest BCUT2D eigenvalue weighted by molar-refractivity contribution is 5.77. The van der Waals surface area contributed by atoms with Crippen molar-refractivity contribution in [2.24, 2.45) is 0 Å². The van der Waals surface area contributed by atoms with Crippen molar-refractivity contribution >= 4 is 5.91 Å². The maximum Gasteiger partial charge on any atom is 0.345 e. The molecule has 0 unspecified atom stereocenters. The van der Waals surface area contributed by atoms with Crippen molar-refractivity contribution in [3.63, 3.8) is 0 Å². The number of aryl methyl sites for hydroxylation is 1. The molecule has 0 bridgehead atoms. The minimum atomic E-state index is -0.491. The van der Waals surface area contributed by atoms with Gasteiger partial charge in [-0.3, -0.25) is 9.78 Å². The van der Waals surface area contributed by atoms with E-state index in [0.29, 0.717) is 34.8 Å². The van der Waals surface area contributed by atoms with E-state index in [9.17, 15) is 14.7 Å². The van der Waals surface area contributed by atoms with Gasteiger partial charge in [0.15, 0.2) is 6.61 Å². The second-order valence-electron chi connectivity index (χ2n) is 7.44. The van der Waals surface area contributed by atoms with E-state index in [0.717, 1.165) is 11.1 Å². The summed E-state index contributed by atoms with van der Waals surface area (Å²) < 4.78 is 5.63. The molecule has 4 aromatic rings. The van der Waals surface area contributed by atoms with Crippen molar-refractivity contribution in [2.45, 2.75) is 13.5 Å². The molecule has 8 nitrogen and oxygen atoms in total. The standard InChI is InChI=1S/C25H22N4O4/c1-16-10-19(7-8-23(16)30)22-12-21(28-25(32)29-22)18-5-2-6-20(11-18)33-15-24(31)27-14-17-4-3-9-26-13-17/h2-13,30H,14-15H2,1H3,(H,27,31)(H,28,29,32). The third-order valence-corrected chi connectivity index (χ3v) is 4.96. The molecule has 0 aliphatic heterocycles. The molecule has 0 spiro atoms.